The van der Waals surface area contributed by atoms with Crippen LogP contribution < -0.4 is 9.64 Å². The Labute approximate surface area is 157 Å². The smallest absolute Gasteiger partial charge is 0.316 e. The average molecular weight is 367 g/mol. The van der Waals surface area contributed by atoms with E-state index >= 15 is 0 Å². The van der Waals surface area contributed by atoms with Crippen molar-refractivity contribution in [3.8, 4) is 6.01 Å². The highest BCUT2D eigenvalue weighted by molar-refractivity contribution is 7.98. The molecule has 0 radical (unpaired) electrons. The van der Waals surface area contributed by atoms with Crippen LogP contribution in [0.5, 0.6) is 6.01 Å². The zero-order valence-electron chi connectivity index (χ0n) is 14.9. The first-order chi connectivity index (χ1) is 12.7. The third-order valence-corrected chi connectivity index (χ3v) is 5.32. The lowest BCUT2D eigenvalue weighted by Crippen LogP contribution is -2.39. The Hall–Kier alpha value is -2.41. The second kappa shape index (κ2) is 7.45. The number of aromatic nitrogens is 4. The van der Waals surface area contributed by atoms with Crippen LogP contribution >= 0.6 is 11.8 Å². The molecule has 0 unspecified atom stereocenters. The first-order valence-electron chi connectivity index (χ1n) is 8.72. The maximum Gasteiger partial charge on any atom is 0.316 e. The first kappa shape index (κ1) is 17.0. The molecule has 0 saturated carbocycles. The van der Waals surface area contributed by atoms with Crippen molar-refractivity contribution in [2.75, 3.05) is 24.2 Å². The van der Waals surface area contributed by atoms with E-state index < -0.39 is 0 Å². The molecule has 1 aromatic carbocycles. The van der Waals surface area contributed by atoms with Gasteiger partial charge in [-0.15, -0.1) is 11.8 Å². The number of rotatable bonds is 4. The fraction of sp³-hybridized carbons (Fsp3) is 0.368. The lowest BCUT2D eigenvalue weighted by Gasteiger charge is -2.32. The molecule has 7 heteroatoms. The Morgan fingerprint density at radius 2 is 1.85 bits per heavy atom. The van der Waals surface area contributed by atoms with Gasteiger partial charge in [0, 0.05) is 48.6 Å². The molecule has 1 aliphatic rings. The second-order valence-electron chi connectivity index (χ2n) is 6.43. The number of anilines is 1. The van der Waals surface area contributed by atoms with Gasteiger partial charge in [-0.3, -0.25) is 0 Å². The summed E-state index contributed by atoms with van der Waals surface area (Å²) in [5, 5.41) is 1.11. The van der Waals surface area contributed by atoms with Crippen LogP contribution in [0.2, 0.25) is 0 Å². The molecule has 0 spiro atoms. The van der Waals surface area contributed by atoms with E-state index in [-0.39, 0.29) is 6.10 Å². The summed E-state index contributed by atoms with van der Waals surface area (Å²) in [7, 11) is 0. The number of piperidine rings is 1. The van der Waals surface area contributed by atoms with Crippen molar-refractivity contribution >= 4 is 28.5 Å². The van der Waals surface area contributed by atoms with Crippen molar-refractivity contribution < 1.29 is 4.74 Å². The molecule has 134 valence electrons. The number of thioether (sulfide) groups is 1. The van der Waals surface area contributed by atoms with Gasteiger partial charge in [-0.2, -0.15) is 0 Å². The zero-order valence-corrected chi connectivity index (χ0v) is 15.7. The Bertz CT molecular complexity index is 894. The molecule has 0 bridgehead atoms. The van der Waals surface area contributed by atoms with Crippen LogP contribution in [-0.4, -0.2) is 45.4 Å². The number of hydrogen-bond acceptors (Lipinski definition) is 7. The van der Waals surface area contributed by atoms with E-state index in [0.717, 1.165) is 48.2 Å². The van der Waals surface area contributed by atoms with E-state index in [4.69, 9.17) is 4.74 Å². The average Bonchev–Trinajstić information content (AvgIpc) is 2.69. The van der Waals surface area contributed by atoms with E-state index in [9.17, 15) is 0 Å². The summed E-state index contributed by atoms with van der Waals surface area (Å²) in [6.07, 6.45) is 9.29. The van der Waals surface area contributed by atoms with Crippen molar-refractivity contribution in [3.05, 3.63) is 42.5 Å². The molecule has 0 aliphatic carbocycles. The largest absolute Gasteiger partial charge is 0.460 e. The fourth-order valence-electron chi connectivity index (χ4n) is 3.18. The van der Waals surface area contributed by atoms with Crippen LogP contribution in [-0.2, 0) is 0 Å². The van der Waals surface area contributed by atoms with Crippen molar-refractivity contribution in [3.63, 3.8) is 0 Å². The normalized spacial score (nSPS) is 15.4. The third kappa shape index (κ3) is 3.58. The summed E-state index contributed by atoms with van der Waals surface area (Å²) in [6, 6.07) is 6.81. The lowest BCUT2D eigenvalue weighted by atomic mass is 10.1. The summed E-state index contributed by atoms with van der Waals surface area (Å²) < 4.78 is 5.93. The number of aryl methyl sites for hydroxylation is 1. The molecule has 0 amide bonds. The number of hydrogen-bond donors (Lipinski definition) is 0. The Morgan fingerprint density at radius 3 is 2.58 bits per heavy atom. The maximum absolute atomic E-state index is 5.93. The molecule has 26 heavy (non-hydrogen) atoms. The quantitative estimate of drug-likeness (QED) is 0.654. The standard InChI is InChI=1S/C19H21N5OS/c1-13-10-20-19(21-11-13)25-14-5-7-24(8-6-14)18-16-9-15(26-2)3-4-17(16)22-12-23-18/h3-4,9-12,14H,5-8H2,1-2H3. The van der Waals surface area contributed by atoms with Gasteiger partial charge in [-0.1, -0.05) is 0 Å². The highest BCUT2D eigenvalue weighted by Crippen LogP contribution is 2.29. The van der Waals surface area contributed by atoms with Gasteiger partial charge in [0.1, 0.15) is 18.2 Å². The SMILES string of the molecule is CSc1ccc2ncnc(N3CCC(Oc4ncc(C)cn4)CC3)c2c1. The minimum absolute atomic E-state index is 0.142. The van der Waals surface area contributed by atoms with Gasteiger partial charge < -0.3 is 9.64 Å². The van der Waals surface area contributed by atoms with E-state index in [1.165, 1.54) is 4.90 Å². The molecule has 0 N–H and O–H groups in total. The molecular formula is C19H21N5OS. The third-order valence-electron chi connectivity index (χ3n) is 4.59. The van der Waals surface area contributed by atoms with Crippen LogP contribution in [0.25, 0.3) is 10.9 Å². The van der Waals surface area contributed by atoms with Gasteiger partial charge in [0.05, 0.1) is 5.52 Å². The molecular weight excluding hydrogens is 346 g/mol. The van der Waals surface area contributed by atoms with E-state index in [0.29, 0.717) is 6.01 Å². The van der Waals surface area contributed by atoms with Gasteiger partial charge in [-0.25, -0.2) is 19.9 Å². The van der Waals surface area contributed by atoms with Crippen molar-refractivity contribution in [1.29, 1.82) is 0 Å². The molecule has 3 heterocycles. The van der Waals surface area contributed by atoms with E-state index in [1.807, 2.05) is 6.92 Å². The van der Waals surface area contributed by atoms with Crippen molar-refractivity contribution in [1.82, 2.24) is 19.9 Å². The van der Waals surface area contributed by atoms with Crippen LogP contribution in [0.3, 0.4) is 0 Å². The van der Waals surface area contributed by atoms with Crippen LogP contribution in [0, 0.1) is 6.92 Å². The van der Waals surface area contributed by atoms with Crippen molar-refractivity contribution in [2.24, 2.45) is 0 Å². The summed E-state index contributed by atoms with van der Waals surface area (Å²) in [5.41, 5.74) is 2.02. The number of fused-ring (bicyclic) bond motifs is 1. The zero-order chi connectivity index (χ0) is 17.9. The van der Waals surface area contributed by atoms with Gasteiger partial charge in [0.2, 0.25) is 0 Å². The molecule has 0 atom stereocenters. The lowest BCUT2D eigenvalue weighted by molar-refractivity contribution is 0.156. The molecule has 1 aliphatic heterocycles. The van der Waals surface area contributed by atoms with E-state index in [1.54, 1.807) is 30.5 Å². The van der Waals surface area contributed by atoms with Crippen LogP contribution in [0.1, 0.15) is 18.4 Å². The Kier molecular flexibility index (Phi) is 4.88. The molecule has 3 aromatic rings. The summed E-state index contributed by atoms with van der Waals surface area (Å²) in [5.74, 6) is 1.01. The monoisotopic (exact) mass is 367 g/mol. The Balaban J connectivity index is 1.47. The van der Waals surface area contributed by atoms with Gasteiger partial charge in [-0.05, 0) is 36.9 Å². The topological polar surface area (TPSA) is 64.0 Å². The number of nitrogens with zero attached hydrogens (tertiary/aromatic N) is 5. The fourth-order valence-corrected chi connectivity index (χ4v) is 3.62. The number of benzene rings is 1. The molecule has 2 aromatic heterocycles. The first-order valence-corrected chi connectivity index (χ1v) is 9.94. The minimum atomic E-state index is 0.142. The Morgan fingerprint density at radius 1 is 1.08 bits per heavy atom. The maximum atomic E-state index is 5.93. The molecule has 6 nitrogen and oxygen atoms in total. The summed E-state index contributed by atoms with van der Waals surface area (Å²) in [4.78, 5) is 21.0. The molecule has 4 rings (SSSR count). The second-order valence-corrected chi connectivity index (χ2v) is 7.31. The van der Waals surface area contributed by atoms with Crippen LogP contribution in [0.15, 0.2) is 41.8 Å². The van der Waals surface area contributed by atoms with Gasteiger partial charge >= 0.3 is 6.01 Å². The van der Waals surface area contributed by atoms with Crippen LogP contribution in [0.4, 0.5) is 5.82 Å². The molecule has 1 fully saturated rings. The summed E-state index contributed by atoms with van der Waals surface area (Å²) in [6.45, 7) is 3.76. The summed E-state index contributed by atoms with van der Waals surface area (Å²) >= 11 is 1.73. The van der Waals surface area contributed by atoms with Gasteiger partial charge in [0.25, 0.3) is 0 Å². The highest BCUT2D eigenvalue weighted by atomic mass is 32.2. The predicted molar refractivity (Wildman–Crippen MR) is 104 cm³/mol. The predicted octanol–water partition coefficient (Wildman–Crippen LogP) is 3.50. The van der Waals surface area contributed by atoms with E-state index in [2.05, 4.69) is 49.3 Å². The number of ether oxygens (including phenoxy) is 1. The molecule has 1 saturated heterocycles. The van der Waals surface area contributed by atoms with Crippen molar-refractivity contribution in [2.45, 2.75) is 30.8 Å². The highest BCUT2D eigenvalue weighted by Gasteiger charge is 2.23. The van der Waals surface area contributed by atoms with Gasteiger partial charge in [0.15, 0.2) is 0 Å². The minimum Gasteiger partial charge on any atom is -0.460 e.